The Hall–Kier alpha value is -1.59. The number of nitrogens with zero attached hydrogens (tertiary/aromatic N) is 3. The van der Waals surface area contributed by atoms with Gasteiger partial charge in [-0.3, -0.25) is 9.58 Å². The van der Waals surface area contributed by atoms with Gasteiger partial charge in [-0.05, 0) is 25.6 Å². The molecule has 0 aliphatic carbocycles. The molecule has 18 heavy (non-hydrogen) atoms. The lowest BCUT2D eigenvalue weighted by molar-refractivity contribution is 0.283. The highest BCUT2D eigenvalue weighted by Crippen LogP contribution is 2.16. The maximum Gasteiger partial charge on any atom is 0.120 e. The fraction of sp³-hybridized carbons (Fsp3) is 0.462. The van der Waals surface area contributed by atoms with Crippen molar-refractivity contribution >= 4 is 0 Å². The Morgan fingerprint density at radius 3 is 2.78 bits per heavy atom. The highest BCUT2D eigenvalue weighted by molar-refractivity contribution is 5.19. The summed E-state index contributed by atoms with van der Waals surface area (Å²) in [5.74, 6) is 1.83. The normalized spacial score (nSPS) is 11.4. The van der Waals surface area contributed by atoms with Crippen molar-refractivity contribution in [2.24, 2.45) is 12.8 Å². The molecule has 2 aromatic rings. The molecule has 0 radical (unpaired) electrons. The van der Waals surface area contributed by atoms with Gasteiger partial charge in [-0.25, -0.2) is 0 Å². The van der Waals surface area contributed by atoms with Gasteiger partial charge >= 0.3 is 0 Å². The van der Waals surface area contributed by atoms with E-state index in [2.05, 4.69) is 23.1 Å². The van der Waals surface area contributed by atoms with Crippen LogP contribution in [0.4, 0.5) is 0 Å². The van der Waals surface area contributed by atoms with Gasteiger partial charge in [-0.15, -0.1) is 0 Å². The largest absolute Gasteiger partial charge is 0.463 e. The molecule has 0 aromatic carbocycles. The zero-order valence-electron chi connectivity index (χ0n) is 11.2. The van der Waals surface area contributed by atoms with E-state index in [9.17, 15) is 0 Å². The summed E-state index contributed by atoms with van der Waals surface area (Å²) in [6.45, 7) is 4.11. The minimum absolute atomic E-state index is 0.457. The molecule has 2 aromatic heterocycles. The van der Waals surface area contributed by atoms with Crippen LogP contribution in [0.5, 0.6) is 0 Å². The minimum atomic E-state index is 0.457. The Labute approximate surface area is 107 Å². The summed E-state index contributed by atoms with van der Waals surface area (Å²) in [6, 6.07) is 2.06. The fourth-order valence-corrected chi connectivity index (χ4v) is 2.06. The predicted molar refractivity (Wildman–Crippen MR) is 69.7 cm³/mol. The first-order valence-corrected chi connectivity index (χ1v) is 6.03. The van der Waals surface area contributed by atoms with Crippen LogP contribution >= 0.6 is 0 Å². The van der Waals surface area contributed by atoms with Crippen molar-refractivity contribution in [1.29, 1.82) is 0 Å². The Kier molecular flexibility index (Phi) is 3.84. The van der Waals surface area contributed by atoms with E-state index in [4.69, 9.17) is 10.2 Å². The van der Waals surface area contributed by atoms with Gasteiger partial charge in [0, 0.05) is 25.4 Å². The molecule has 0 unspecified atom stereocenters. The first-order valence-electron chi connectivity index (χ1n) is 6.03. The minimum Gasteiger partial charge on any atom is -0.463 e. The number of hydrogen-bond donors (Lipinski definition) is 1. The van der Waals surface area contributed by atoms with Gasteiger partial charge < -0.3 is 10.2 Å². The number of aromatic nitrogens is 2. The average molecular weight is 248 g/mol. The van der Waals surface area contributed by atoms with Crippen LogP contribution in [0.3, 0.4) is 0 Å². The maximum absolute atomic E-state index is 5.69. The van der Waals surface area contributed by atoms with Crippen LogP contribution in [0.15, 0.2) is 22.9 Å². The molecule has 5 nitrogen and oxygen atoms in total. The summed E-state index contributed by atoms with van der Waals surface area (Å²) in [7, 11) is 3.99. The van der Waals surface area contributed by atoms with Crippen molar-refractivity contribution in [3.8, 4) is 0 Å². The Balaban J connectivity index is 1.96. The summed E-state index contributed by atoms with van der Waals surface area (Å²) in [4.78, 5) is 2.19. The molecule has 0 atom stereocenters. The zero-order valence-corrected chi connectivity index (χ0v) is 11.2. The van der Waals surface area contributed by atoms with Gasteiger partial charge in [0.05, 0.1) is 19.3 Å². The van der Waals surface area contributed by atoms with Crippen LogP contribution in [-0.2, 0) is 26.7 Å². The van der Waals surface area contributed by atoms with Crippen molar-refractivity contribution in [3.63, 3.8) is 0 Å². The van der Waals surface area contributed by atoms with Crippen molar-refractivity contribution < 1.29 is 4.42 Å². The first-order chi connectivity index (χ1) is 8.58. The van der Waals surface area contributed by atoms with Crippen LogP contribution in [-0.4, -0.2) is 21.7 Å². The highest BCUT2D eigenvalue weighted by atomic mass is 16.3. The van der Waals surface area contributed by atoms with Crippen molar-refractivity contribution in [1.82, 2.24) is 14.7 Å². The van der Waals surface area contributed by atoms with Crippen LogP contribution in [0.25, 0.3) is 0 Å². The first kappa shape index (κ1) is 12.9. The monoisotopic (exact) mass is 248 g/mol. The second-order valence-electron chi connectivity index (χ2n) is 4.72. The molecule has 2 heterocycles. The molecule has 2 N–H and O–H groups in total. The van der Waals surface area contributed by atoms with Crippen molar-refractivity contribution in [2.45, 2.75) is 26.6 Å². The maximum atomic E-state index is 5.69. The smallest absolute Gasteiger partial charge is 0.120 e. The predicted octanol–water partition coefficient (Wildman–Crippen LogP) is 1.41. The van der Waals surface area contributed by atoms with Crippen LogP contribution in [0, 0.1) is 6.92 Å². The molecule has 0 saturated carbocycles. The summed E-state index contributed by atoms with van der Waals surface area (Å²) in [5, 5.41) is 4.16. The molecule has 0 aliphatic heterocycles. The van der Waals surface area contributed by atoms with Gasteiger partial charge in [0.25, 0.3) is 0 Å². The van der Waals surface area contributed by atoms with Crippen molar-refractivity contribution in [2.75, 3.05) is 7.05 Å². The lowest BCUT2D eigenvalue weighted by atomic mass is 10.2. The lowest BCUT2D eigenvalue weighted by Gasteiger charge is -2.13. The lowest BCUT2D eigenvalue weighted by Crippen LogP contribution is -2.16. The van der Waals surface area contributed by atoms with Gasteiger partial charge in [-0.1, -0.05) is 0 Å². The molecular formula is C13H20N4O. The van der Waals surface area contributed by atoms with Gasteiger partial charge in [0.2, 0.25) is 0 Å². The Morgan fingerprint density at radius 2 is 2.22 bits per heavy atom. The molecule has 0 aliphatic rings. The quantitative estimate of drug-likeness (QED) is 0.869. The van der Waals surface area contributed by atoms with Crippen LogP contribution < -0.4 is 5.73 Å². The third-order valence-corrected chi connectivity index (χ3v) is 2.89. The van der Waals surface area contributed by atoms with E-state index >= 15 is 0 Å². The molecule has 0 saturated heterocycles. The van der Waals surface area contributed by atoms with Crippen LogP contribution in [0.2, 0.25) is 0 Å². The molecule has 0 fully saturated rings. The van der Waals surface area contributed by atoms with Gasteiger partial charge in [-0.2, -0.15) is 5.10 Å². The number of furan rings is 1. The van der Waals surface area contributed by atoms with E-state index in [-0.39, 0.29) is 0 Å². The summed E-state index contributed by atoms with van der Waals surface area (Å²) >= 11 is 0. The van der Waals surface area contributed by atoms with E-state index in [1.165, 1.54) is 5.56 Å². The topological polar surface area (TPSA) is 60.2 Å². The fourth-order valence-electron chi connectivity index (χ4n) is 2.06. The Bertz CT molecular complexity index is 515. The van der Waals surface area contributed by atoms with E-state index in [1.54, 1.807) is 0 Å². The summed E-state index contributed by atoms with van der Waals surface area (Å²) in [6.07, 6.45) is 3.91. The zero-order chi connectivity index (χ0) is 13.1. The van der Waals surface area contributed by atoms with Gasteiger partial charge in [0.15, 0.2) is 0 Å². The van der Waals surface area contributed by atoms with E-state index in [1.807, 2.05) is 31.0 Å². The molecule has 5 heteroatoms. The van der Waals surface area contributed by atoms with E-state index in [0.717, 1.165) is 30.2 Å². The van der Waals surface area contributed by atoms with Crippen molar-refractivity contribution in [3.05, 3.63) is 41.1 Å². The van der Waals surface area contributed by atoms with E-state index in [0.29, 0.717) is 6.54 Å². The molecule has 0 bridgehead atoms. The third-order valence-electron chi connectivity index (χ3n) is 2.89. The second kappa shape index (κ2) is 5.37. The third kappa shape index (κ3) is 3.00. The summed E-state index contributed by atoms with van der Waals surface area (Å²) < 4.78 is 7.50. The number of aryl methyl sites for hydroxylation is 2. The molecule has 2 rings (SSSR count). The molecule has 0 spiro atoms. The molecule has 98 valence electrons. The Morgan fingerprint density at radius 1 is 1.44 bits per heavy atom. The van der Waals surface area contributed by atoms with E-state index < -0.39 is 0 Å². The standard InChI is InChI=1S/C13H20N4O/c1-10-4-12(18-13(10)5-14)9-16(2)7-11-6-15-17(3)8-11/h4,6,8H,5,7,9,14H2,1-3H3. The van der Waals surface area contributed by atoms with Crippen LogP contribution in [0.1, 0.15) is 22.6 Å². The second-order valence-corrected chi connectivity index (χ2v) is 4.72. The van der Waals surface area contributed by atoms with Gasteiger partial charge in [0.1, 0.15) is 11.5 Å². The molecular weight excluding hydrogens is 228 g/mol. The SMILES string of the molecule is Cc1cc(CN(C)Cc2cnn(C)c2)oc1CN. The number of nitrogens with two attached hydrogens (primary N) is 1. The average Bonchev–Trinajstić information content (AvgIpc) is 2.85. The number of rotatable bonds is 5. The molecule has 0 amide bonds. The highest BCUT2D eigenvalue weighted by Gasteiger charge is 2.09. The number of hydrogen-bond acceptors (Lipinski definition) is 4. The summed E-state index contributed by atoms with van der Waals surface area (Å²) in [5.41, 5.74) is 7.93.